The van der Waals surface area contributed by atoms with Crippen molar-refractivity contribution in [2.75, 3.05) is 6.61 Å². The van der Waals surface area contributed by atoms with Crippen LogP contribution in [0.2, 0.25) is 0 Å². The molecule has 0 heterocycles. The molecule has 2 unspecified atom stereocenters. The fraction of sp³-hybridized carbons (Fsp3) is 0.630. The fourth-order valence-electron chi connectivity index (χ4n) is 3.55. The zero-order valence-corrected chi connectivity index (χ0v) is 22.7. The second kappa shape index (κ2) is 12.9. The van der Waals surface area contributed by atoms with Crippen LogP contribution in [0, 0.1) is 16.7 Å². The molecule has 0 aliphatic heterocycles. The minimum absolute atomic E-state index is 0.00986. The summed E-state index contributed by atoms with van der Waals surface area (Å²) in [5.41, 5.74) is 5.81. The van der Waals surface area contributed by atoms with Crippen molar-refractivity contribution in [3.8, 4) is 11.5 Å². The number of benzene rings is 1. The third-order valence-corrected chi connectivity index (χ3v) is 5.23. The van der Waals surface area contributed by atoms with Gasteiger partial charge in [0.05, 0.1) is 19.4 Å². The molecule has 1 rings (SSSR count). The molecule has 0 radical (unpaired) electrons. The van der Waals surface area contributed by atoms with Crippen molar-refractivity contribution in [1.82, 2.24) is 0 Å². The maximum atomic E-state index is 12.6. The lowest BCUT2D eigenvalue weighted by Gasteiger charge is -2.28. The van der Waals surface area contributed by atoms with Gasteiger partial charge < -0.3 is 25.1 Å². The summed E-state index contributed by atoms with van der Waals surface area (Å²) in [7, 11) is 0. The van der Waals surface area contributed by atoms with E-state index in [1.165, 1.54) is 12.1 Å². The normalized spacial score (nSPS) is 14.4. The second-order valence-corrected chi connectivity index (χ2v) is 11.5. The van der Waals surface area contributed by atoms with E-state index in [0.29, 0.717) is 5.56 Å². The van der Waals surface area contributed by atoms with E-state index in [2.05, 4.69) is 0 Å². The van der Waals surface area contributed by atoms with Gasteiger partial charge in [-0.1, -0.05) is 61.5 Å². The summed E-state index contributed by atoms with van der Waals surface area (Å²) < 4.78 is 16.3. The molecule has 0 amide bonds. The summed E-state index contributed by atoms with van der Waals surface area (Å²) in [5, 5.41) is 9.62. The summed E-state index contributed by atoms with van der Waals surface area (Å²) in [6.45, 7) is 14.7. The highest BCUT2D eigenvalue weighted by Gasteiger charge is 2.33. The molecule has 36 heavy (non-hydrogen) atoms. The van der Waals surface area contributed by atoms with E-state index in [9.17, 15) is 24.3 Å². The standard InChI is InChI=1S/C27H41NO8/c1-9-20(29)34-15-16(2)23(24(28)25(32)33)17-10-11-18(35-21(30)13-26(3,4)5)19(12-17)36-22(31)14-27(6,7)8/h10-12,16,23-24H,9,13-15,28H2,1-8H3,(H,32,33)/t16?,23?,24-/m0/s1. The first kappa shape index (κ1) is 31.1. The van der Waals surface area contributed by atoms with Gasteiger partial charge in [-0.05, 0) is 34.4 Å². The molecular formula is C27H41NO8. The number of carboxylic acid groups (broad SMARTS) is 1. The van der Waals surface area contributed by atoms with Crippen molar-refractivity contribution in [3.63, 3.8) is 0 Å². The SMILES string of the molecule is CCC(=O)OCC(C)C(c1ccc(OC(=O)CC(C)(C)C)c(OC(=O)CC(C)(C)C)c1)[C@H](N)C(=O)O. The molecule has 1 aromatic carbocycles. The van der Waals surface area contributed by atoms with Crippen molar-refractivity contribution in [1.29, 1.82) is 0 Å². The molecule has 1 aromatic rings. The number of esters is 3. The lowest BCUT2D eigenvalue weighted by molar-refractivity contribution is -0.145. The van der Waals surface area contributed by atoms with Gasteiger partial charge in [-0.15, -0.1) is 0 Å². The zero-order valence-electron chi connectivity index (χ0n) is 22.7. The predicted octanol–water partition coefficient (Wildman–Crippen LogP) is 4.45. The number of rotatable bonds is 11. The van der Waals surface area contributed by atoms with E-state index in [-0.39, 0.29) is 48.2 Å². The van der Waals surface area contributed by atoms with Gasteiger partial charge in [0.2, 0.25) is 0 Å². The van der Waals surface area contributed by atoms with E-state index >= 15 is 0 Å². The fourth-order valence-corrected chi connectivity index (χ4v) is 3.55. The molecule has 9 heteroatoms. The number of aliphatic carboxylic acids is 1. The third kappa shape index (κ3) is 10.8. The van der Waals surface area contributed by atoms with E-state index in [0.717, 1.165) is 0 Å². The van der Waals surface area contributed by atoms with Crippen LogP contribution in [0.1, 0.15) is 86.1 Å². The first-order chi connectivity index (χ1) is 16.4. The summed E-state index contributed by atoms with van der Waals surface area (Å²) in [5.74, 6) is -3.90. The second-order valence-electron chi connectivity index (χ2n) is 11.5. The molecular weight excluding hydrogens is 466 g/mol. The van der Waals surface area contributed by atoms with Crippen LogP contribution in [-0.2, 0) is 23.9 Å². The lowest BCUT2D eigenvalue weighted by atomic mass is 9.82. The quantitative estimate of drug-likeness (QED) is 0.328. The van der Waals surface area contributed by atoms with Gasteiger partial charge in [0.15, 0.2) is 11.5 Å². The molecule has 3 N–H and O–H groups in total. The van der Waals surface area contributed by atoms with Crippen LogP contribution < -0.4 is 15.2 Å². The van der Waals surface area contributed by atoms with Gasteiger partial charge in [-0.25, -0.2) is 0 Å². The molecule has 0 aromatic heterocycles. The Labute approximate surface area is 213 Å². The Morgan fingerprint density at radius 1 is 0.889 bits per heavy atom. The first-order valence-corrected chi connectivity index (χ1v) is 12.1. The minimum Gasteiger partial charge on any atom is -0.480 e. The van der Waals surface area contributed by atoms with Gasteiger partial charge >= 0.3 is 23.9 Å². The highest BCUT2D eigenvalue weighted by molar-refractivity contribution is 5.78. The van der Waals surface area contributed by atoms with Crippen molar-refractivity contribution >= 4 is 23.9 Å². The maximum absolute atomic E-state index is 12.6. The lowest BCUT2D eigenvalue weighted by Crippen LogP contribution is -2.40. The summed E-state index contributed by atoms with van der Waals surface area (Å²) in [4.78, 5) is 48.5. The Hall–Kier alpha value is -2.94. The smallest absolute Gasteiger partial charge is 0.321 e. The van der Waals surface area contributed by atoms with Crippen molar-refractivity contribution in [3.05, 3.63) is 23.8 Å². The third-order valence-electron chi connectivity index (χ3n) is 5.23. The molecule has 0 bridgehead atoms. The Morgan fingerprint density at radius 3 is 1.83 bits per heavy atom. The number of carbonyl (C=O) groups excluding carboxylic acids is 3. The van der Waals surface area contributed by atoms with Crippen LogP contribution in [0.15, 0.2) is 18.2 Å². The molecule has 0 aliphatic carbocycles. The minimum atomic E-state index is -1.33. The Balaban J connectivity index is 3.44. The highest BCUT2D eigenvalue weighted by Crippen LogP contribution is 2.37. The zero-order chi connectivity index (χ0) is 27.8. The average molecular weight is 508 g/mol. The Kier molecular flexibility index (Phi) is 11.1. The molecule has 202 valence electrons. The van der Waals surface area contributed by atoms with Crippen molar-refractivity contribution < 1.29 is 38.5 Å². The number of carboxylic acids is 1. The number of carbonyl (C=O) groups is 4. The van der Waals surface area contributed by atoms with Crippen LogP contribution in [0.25, 0.3) is 0 Å². The van der Waals surface area contributed by atoms with Crippen LogP contribution in [-0.4, -0.2) is 41.6 Å². The van der Waals surface area contributed by atoms with E-state index in [4.69, 9.17) is 19.9 Å². The molecule has 9 nitrogen and oxygen atoms in total. The monoisotopic (exact) mass is 507 g/mol. The van der Waals surface area contributed by atoms with Crippen LogP contribution in [0.4, 0.5) is 0 Å². The molecule has 0 aliphatic rings. The number of ether oxygens (including phenoxy) is 3. The first-order valence-electron chi connectivity index (χ1n) is 12.1. The molecule has 0 saturated heterocycles. The Bertz CT molecular complexity index is 942. The number of nitrogens with two attached hydrogens (primary N) is 1. The average Bonchev–Trinajstić information content (AvgIpc) is 2.70. The predicted molar refractivity (Wildman–Crippen MR) is 135 cm³/mol. The summed E-state index contributed by atoms with van der Waals surface area (Å²) in [6.07, 6.45) is 0.426. The van der Waals surface area contributed by atoms with Crippen molar-refractivity contribution in [2.24, 2.45) is 22.5 Å². The van der Waals surface area contributed by atoms with E-state index in [1.54, 1.807) is 19.9 Å². The summed E-state index contributed by atoms with van der Waals surface area (Å²) >= 11 is 0. The van der Waals surface area contributed by atoms with Crippen LogP contribution in [0.5, 0.6) is 11.5 Å². The van der Waals surface area contributed by atoms with E-state index < -0.39 is 41.8 Å². The topological polar surface area (TPSA) is 142 Å². The van der Waals surface area contributed by atoms with Crippen LogP contribution in [0.3, 0.4) is 0 Å². The van der Waals surface area contributed by atoms with Gasteiger partial charge in [-0.2, -0.15) is 0 Å². The van der Waals surface area contributed by atoms with Crippen LogP contribution >= 0.6 is 0 Å². The van der Waals surface area contributed by atoms with Crippen molar-refractivity contribution in [2.45, 2.75) is 86.6 Å². The van der Waals surface area contributed by atoms with E-state index in [1.807, 2.05) is 41.5 Å². The highest BCUT2D eigenvalue weighted by atomic mass is 16.6. The van der Waals surface area contributed by atoms with Gasteiger partial charge in [0.1, 0.15) is 6.04 Å². The number of hydrogen-bond acceptors (Lipinski definition) is 8. The maximum Gasteiger partial charge on any atom is 0.321 e. The van der Waals surface area contributed by atoms with Gasteiger partial charge in [0.25, 0.3) is 0 Å². The Morgan fingerprint density at radius 2 is 1.39 bits per heavy atom. The molecule has 3 atom stereocenters. The molecule has 0 saturated carbocycles. The largest absolute Gasteiger partial charge is 0.480 e. The summed E-state index contributed by atoms with van der Waals surface area (Å²) in [6, 6.07) is 3.17. The number of hydrogen-bond donors (Lipinski definition) is 2. The van der Waals surface area contributed by atoms with Gasteiger partial charge in [-0.3, -0.25) is 19.2 Å². The van der Waals surface area contributed by atoms with Gasteiger partial charge in [0, 0.05) is 12.3 Å². The molecule has 0 spiro atoms. The molecule has 0 fully saturated rings.